The van der Waals surface area contributed by atoms with E-state index < -0.39 is 17.3 Å². The van der Waals surface area contributed by atoms with Crippen LogP contribution in [0.3, 0.4) is 0 Å². The van der Waals surface area contributed by atoms with Crippen LogP contribution >= 0.6 is 34.5 Å². The fourth-order valence-electron chi connectivity index (χ4n) is 6.18. The Morgan fingerprint density at radius 2 is 1.87 bits per heavy atom. The highest BCUT2D eigenvalue weighted by Crippen LogP contribution is 2.58. The molecular formula is C30H25Cl2N3O3S. The number of hydrogen-bond donors (Lipinski definition) is 1. The van der Waals surface area contributed by atoms with Crippen molar-refractivity contribution >= 4 is 62.3 Å². The van der Waals surface area contributed by atoms with E-state index in [1.165, 1.54) is 11.0 Å². The normalized spacial score (nSPS) is 22.9. The van der Waals surface area contributed by atoms with Gasteiger partial charge in [-0.3, -0.25) is 14.3 Å². The second-order valence-corrected chi connectivity index (χ2v) is 12.2. The highest BCUT2D eigenvalue weighted by atomic mass is 35.5. The number of carbonyl (C=O) groups is 2. The smallest absolute Gasteiger partial charge is 0.242 e. The van der Waals surface area contributed by atoms with Crippen LogP contribution in [0.2, 0.25) is 10.0 Å². The molecule has 1 N–H and O–H groups in total. The zero-order valence-corrected chi connectivity index (χ0v) is 23.9. The predicted octanol–water partition coefficient (Wildman–Crippen LogP) is 7.42. The molecule has 4 aromatic rings. The van der Waals surface area contributed by atoms with Crippen molar-refractivity contribution in [2.75, 3.05) is 4.90 Å². The number of aryl methyl sites for hydroxylation is 2. The first-order valence-electron chi connectivity index (χ1n) is 12.5. The van der Waals surface area contributed by atoms with Crippen LogP contribution in [0.4, 0.5) is 5.82 Å². The van der Waals surface area contributed by atoms with Gasteiger partial charge in [0.05, 0.1) is 16.2 Å². The van der Waals surface area contributed by atoms with Crippen LogP contribution < -0.4 is 4.90 Å². The van der Waals surface area contributed by atoms with Gasteiger partial charge in [-0.15, -0.1) is 11.3 Å². The van der Waals surface area contributed by atoms with Crippen LogP contribution in [-0.4, -0.2) is 26.7 Å². The Bertz CT molecular complexity index is 1750. The molecule has 0 bridgehead atoms. The van der Waals surface area contributed by atoms with Crippen LogP contribution in [0, 0.1) is 18.3 Å². The summed E-state index contributed by atoms with van der Waals surface area (Å²) < 4.78 is 2.66. The maximum Gasteiger partial charge on any atom is 0.242 e. The quantitative estimate of drug-likeness (QED) is 0.256. The van der Waals surface area contributed by atoms with E-state index in [-0.39, 0.29) is 17.6 Å². The van der Waals surface area contributed by atoms with E-state index in [0.29, 0.717) is 33.5 Å². The van der Waals surface area contributed by atoms with E-state index in [1.54, 1.807) is 54.3 Å². The first kappa shape index (κ1) is 25.9. The number of aromatic hydroxyl groups is 1. The van der Waals surface area contributed by atoms with Crippen molar-refractivity contribution in [3.05, 3.63) is 87.9 Å². The fraction of sp³-hybridized carbons (Fsp3) is 0.233. The fourth-order valence-corrected chi connectivity index (χ4v) is 7.68. The van der Waals surface area contributed by atoms with Gasteiger partial charge in [0, 0.05) is 39.3 Å². The molecule has 1 fully saturated rings. The van der Waals surface area contributed by atoms with Crippen LogP contribution in [0.25, 0.3) is 20.7 Å². The Kier molecular flexibility index (Phi) is 6.02. The molecule has 3 atom stereocenters. The van der Waals surface area contributed by atoms with Crippen LogP contribution in [-0.2, 0) is 16.6 Å². The van der Waals surface area contributed by atoms with Crippen LogP contribution in [0.15, 0.2) is 66.8 Å². The number of anilines is 1. The van der Waals surface area contributed by atoms with Gasteiger partial charge in [0.2, 0.25) is 11.8 Å². The van der Waals surface area contributed by atoms with Crippen molar-refractivity contribution in [2.45, 2.75) is 26.2 Å². The molecule has 1 aliphatic carbocycles. The number of nitrogens with zero attached hydrogens (tertiary/aromatic N) is 3. The lowest BCUT2D eigenvalue weighted by molar-refractivity contribution is -0.127. The number of imide groups is 1. The molecule has 2 aliphatic rings. The second-order valence-electron chi connectivity index (χ2n) is 10.3. The largest absolute Gasteiger partial charge is 0.508 e. The molecule has 0 saturated carbocycles. The van der Waals surface area contributed by atoms with Gasteiger partial charge < -0.3 is 5.11 Å². The van der Waals surface area contributed by atoms with Crippen molar-refractivity contribution in [1.82, 2.24) is 9.78 Å². The Morgan fingerprint density at radius 1 is 1.15 bits per heavy atom. The molecule has 0 unspecified atom stereocenters. The molecule has 1 saturated heterocycles. The Morgan fingerprint density at radius 3 is 2.62 bits per heavy atom. The highest BCUT2D eigenvalue weighted by molar-refractivity contribution is 7.22. The van der Waals surface area contributed by atoms with Gasteiger partial charge >= 0.3 is 0 Å². The minimum atomic E-state index is -1.16. The summed E-state index contributed by atoms with van der Waals surface area (Å²) in [5.74, 6) is -1.44. The minimum absolute atomic E-state index is 0.0147. The molecule has 2 aromatic heterocycles. The molecule has 2 amide bonds. The maximum atomic E-state index is 14.3. The summed E-state index contributed by atoms with van der Waals surface area (Å²) in [6.07, 6.45) is 4.00. The summed E-state index contributed by atoms with van der Waals surface area (Å²) in [5.41, 5.74) is 1.83. The van der Waals surface area contributed by atoms with E-state index >= 15 is 0 Å². The summed E-state index contributed by atoms with van der Waals surface area (Å²) in [6, 6.07) is 12.3. The van der Waals surface area contributed by atoms with Gasteiger partial charge in [-0.1, -0.05) is 41.9 Å². The van der Waals surface area contributed by atoms with E-state index in [0.717, 1.165) is 26.1 Å². The first-order valence-corrected chi connectivity index (χ1v) is 14.1. The first-order chi connectivity index (χ1) is 18.6. The zero-order valence-electron chi connectivity index (χ0n) is 21.5. The van der Waals surface area contributed by atoms with Crippen LogP contribution in [0.1, 0.15) is 30.4 Å². The number of benzene rings is 2. The lowest BCUT2D eigenvalue weighted by Gasteiger charge is -2.40. The number of fused-ring (bicyclic) bond motifs is 2. The third kappa shape index (κ3) is 3.71. The number of phenolic OH excluding ortho intramolecular Hbond substituents is 1. The molecule has 198 valence electrons. The monoisotopic (exact) mass is 577 g/mol. The molecule has 1 aliphatic heterocycles. The molecule has 39 heavy (non-hydrogen) atoms. The topological polar surface area (TPSA) is 75.4 Å². The van der Waals surface area contributed by atoms with Gasteiger partial charge in [-0.2, -0.15) is 5.10 Å². The number of thiophene rings is 1. The van der Waals surface area contributed by atoms with Crippen molar-refractivity contribution in [1.29, 1.82) is 0 Å². The van der Waals surface area contributed by atoms with Crippen molar-refractivity contribution < 1.29 is 14.7 Å². The van der Waals surface area contributed by atoms with E-state index in [2.05, 4.69) is 6.58 Å². The molecule has 6 rings (SSSR count). The number of rotatable bonds is 4. The Labute approximate surface area is 239 Å². The zero-order chi connectivity index (χ0) is 27.8. The number of carbonyl (C=O) groups excluding carboxylic acids is 2. The highest BCUT2D eigenvalue weighted by Gasteiger charge is 2.63. The number of hydrogen-bond acceptors (Lipinski definition) is 5. The van der Waals surface area contributed by atoms with Crippen LogP contribution in [0.5, 0.6) is 5.75 Å². The molecule has 2 aromatic carbocycles. The van der Waals surface area contributed by atoms with Gasteiger partial charge in [0.25, 0.3) is 0 Å². The minimum Gasteiger partial charge on any atom is -0.508 e. The molecule has 3 heterocycles. The standard InChI is InChI=1S/C30H25Cl2N3O3S/c1-5-16-6-9-21-28(37)35(29(38)30(21,3)26(16)20-13-17(31)7-10-23(20)36)25-14-22(33-34(25)4)27-15(2)19-12-18(32)8-11-24(19)39-27/h5-8,10-14,21,26,36H,1,9H2,2-4H3/t21-,26+,30+/m0/s1. The Balaban J connectivity index is 1.46. The summed E-state index contributed by atoms with van der Waals surface area (Å²) in [6.45, 7) is 7.77. The summed E-state index contributed by atoms with van der Waals surface area (Å²) in [4.78, 5) is 30.5. The number of halogens is 2. The number of aromatic nitrogens is 2. The third-order valence-corrected chi connectivity index (χ3v) is 9.95. The summed E-state index contributed by atoms with van der Waals surface area (Å²) in [7, 11) is 1.73. The number of allylic oxidation sites excluding steroid dienone is 3. The maximum absolute atomic E-state index is 14.3. The van der Waals surface area contributed by atoms with Crippen molar-refractivity contribution in [3.8, 4) is 16.3 Å². The second kappa shape index (κ2) is 9.08. The van der Waals surface area contributed by atoms with E-state index in [1.807, 2.05) is 31.2 Å². The molecule has 9 heteroatoms. The molecule has 6 nitrogen and oxygen atoms in total. The molecule has 0 spiro atoms. The summed E-state index contributed by atoms with van der Waals surface area (Å²) >= 11 is 14.1. The number of phenols is 1. The SMILES string of the molecule is C=CC1=CC[C@H]2C(=O)N(c3cc(-c4sc5ccc(Cl)cc5c4C)nn3C)C(=O)[C@@]2(C)[C@H]1c1cc(Cl)ccc1O. The lowest BCUT2D eigenvalue weighted by Crippen LogP contribution is -2.42. The predicted molar refractivity (Wildman–Crippen MR) is 157 cm³/mol. The number of amides is 2. The van der Waals surface area contributed by atoms with Gasteiger partial charge in [0.1, 0.15) is 17.3 Å². The van der Waals surface area contributed by atoms with Gasteiger partial charge in [-0.05, 0) is 73.2 Å². The van der Waals surface area contributed by atoms with E-state index in [9.17, 15) is 14.7 Å². The van der Waals surface area contributed by atoms with Gasteiger partial charge in [0.15, 0.2) is 0 Å². The summed E-state index contributed by atoms with van der Waals surface area (Å²) in [5, 5.41) is 17.6. The lowest BCUT2D eigenvalue weighted by atomic mass is 9.60. The van der Waals surface area contributed by atoms with Crippen molar-refractivity contribution in [2.24, 2.45) is 18.4 Å². The third-order valence-electron chi connectivity index (χ3n) is 8.18. The molecular weight excluding hydrogens is 553 g/mol. The average Bonchev–Trinajstić information content (AvgIpc) is 3.50. The molecule has 0 radical (unpaired) electrons. The van der Waals surface area contributed by atoms with Crippen molar-refractivity contribution in [3.63, 3.8) is 0 Å². The van der Waals surface area contributed by atoms with E-state index in [4.69, 9.17) is 28.3 Å². The average molecular weight is 579 g/mol. The Hall–Kier alpha value is -3.39. The van der Waals surface area contributed by atoms with Gasteiger partial charge in [-0.25, -0.2) is 4.90 Å².